The Morgan fingerprint density at radius 1 is 1.06 bits per heavy atom. The molecule has 0 saturated carbocycles. The van der Waals surface area contributed by atoms with E-state index in [-0.39, 0.29) is 5.91 Å². The summed E-state index contributed by atoms with van der Waals surface area (Å²) in [5.41, 5.74) is 6.34. The molecule has 1 aromatic heterocycles. The van der Waals surface area contributed by atoms with Gasteiger partial charge in [0.25, 0.3) is 5.91 Å². The molecule has 0 spiro atoms. The number of nitrogens with zero attached hydrogens (tertiary/aromatic N) is 5. The monoisotopic (exact) mass is 433 g/mol. The fraction of sp³-hybridized carbons (Fsp3) is 0.261. The summed E-state index contributed by atoms with van der Waals surface area (Å²) in [6.07, 6.45) is 0. The quantitative estimate of drug-likeness (QED) is 0.490. The van der Waals surface area contributed by atoms with Crippen molar-refractivity contribution in [2.24, 2.45) is 15.3 Å². The topological polar surface area (TPSA) is 79.5 Å². The molecule has 0 fully saturated rings. The molecule has 4 rings (SSSR count). The zero-order valence-corrected chi connectivity index (χ0v) is 18.9. The van der Waals surface area contributed by atoms with Gasteiger partial charge in [0.1, 0.15) is 5.75 Å². The highest BCUT2D eigenvalue weighted by atomic mass is 32.1. The van der Waals surface area contributed by atoms with Gasteiger partial charge in [0, 0.05) is 10.9 Å². The second-order valence-electron chi connectivity index (χ2n) is 7.50. The fourth-order valence-electron chi connectivity index (χ4n) is 3.53. The van der Waals surface area contributed by atoms with Crippen molar-refractivity contribution >= 4 is 33.8 Å². The molecule has 7 nitrogen and oxygen atoms in total. The summed E-state index contributed by atoms with van der Waals surface area (Å²) in [6, 6.07) is 11.0. The Hall–Kier alpha value is -3.39. The number of benzene rings is 2. The third kappa shape index (κ3) is 4.11. The van der Waals surface area contributed by atoms with E-state index in [9.17, 15) is 4.79 Å². The minimum atomic E-state index is -0.742. The van der Waals surface area contributed by atoms with Gasteiger partial charge in [0.05, 0.1) is 24.2 Å². The molecule has 0 N–H and O–H groups in total. The van der Waals surface area contributed by atoms with Crippen molar-refractivity contribution in [3.05, 3.63) is 58.5 Å². The number of amides is 1. The number of aromatic nitrogens is 1. The minimum Gasteiger partial charge on any atom is -0.497 e. The first kappa shape index (κ1) is 20.9. The summed E-state index contributed by atoms with van der Waals surface area (Å²) in [4.78, 5) is 17.6. The van der Waals surface area contributed by atoms with E-state index in [2.05, 4.69) is 32.4 Å². The molecule has 3 aromatic rings. The average Bonchev–Trinajstić information content (AvgIpc) is 3.33. The molecule has 2 aromatic carbocycles. The molecule has 0 bridgehead atoms. The molecule has 1 aliphatic rings. The summed E-state index contributed by atoms with van der Waals surface area (Å²) in [7, 11) is 1.63. The lowest BCUT2D eigenvalue weighted by molar-refractivity contribution is -0.117. The lowest BCUT2D eigenvalue weighted by Gasteiger charge is -2.09. The van der Waals surface area contributed by atoms with Crippen LogP contribution in [0.5, 0.6) is 5.75 Å². The van der Waals surface area contributed by atoms with Crippen molar-refractivity contribution in [3.63, 3.8) is 0 Å². The molecular weight excluding hydrogens is 410 g/mol. The van der Waals surface area contributed by atoms with Crippen molar-refractivity contribution in [2.75, 3.05) is 12.1 Å². The highest BCUT2D eigenvalue weighted by Gasteiger charge is 2.36. The second kappa shape index (κ2) is 8.39. The van der Waals surface area contributed by atoms with E-state index < -0.39 is 6.04 Å². The van der Waals surface area contributed by atoms with Crippen LogP contribution in [-0.4, -0.2) is 29.8 Å². The zero-order chi connectivity index (χ0) is 22.1. The number of ether oxygens (including phenoxy) is 1. The molecule has 0 unspecified atom stereocenters. The summed E-state index contributed by atoms with van der Waals surface area (Å²) in [5, 5.41) is 16.9. The summed E-state index contributed by atoms with van der Waals surface area (Å²) < 4.78 is 5.20. The van der Waals surface area contributed by atoms with Crippen LogP contribution in [0.3, 0.4) is 0 Å². The Kier molecular flexibility index (Phi) is 5.65. The van der Waals surface area contributed by atoms with Gasteiger partial charge < -0.3 is 4.74 Å². The van der Waals surface area contributed by atoms with E-state index in [1.807, 2.05) is 50.4 Å². The number of rotatable bonds is 5. The number of carbonyl (C=O) groups is 1. The predicted molar refractivity (Wildman–Crippen MR) is 124 cm³/mol. The molecule has 158 valence electrons. The molecule has 1 amide bonds. The van der Waals surface area contributed by atoms with Gasteiger partial charge in [-0.1, -0.05) is 17.7 Å². The van der Waals surface area contributed by atoms with Gasteiger partial charge in [-0.25, -0.2) is 4.98 Å². The standard InChI is InChI=1S/C23H23N5O2S/c1-13-10-14(2)20(15(3)11-13)25-26-21-16(4)27-28(22(21)29)23-24-19(12-31-23)17-6-8-18(30-5)9-7-17/h6-12,21H,1-5H3/t21-/m0/s1. The first-order chi connectivity index (χ1) is 14.9. The number of hydrazone groups is 1. The fourth-order valence-corrected chi connectivity index (χ4v) is 4.32. The van der Waals surface area contributed by atoms with Crippen molar-refractivity contribution < 1.29 is 9.53 Å². The number of carbonyl (C=O) groups excluding carboxylic acids is 1. The molecule has 0 aliphatic carbocycles. The third-order valence-corrected chi connectivity index (χ3v) is 5.88. The molecule has 0 saturated heterocycles. The van der Waals surface area contributed by atoms with Gasteiger partial charge in [-0.15, -0.1) is 11.3 Å². The lowest BCUT2D eigenvalue weighted by Crippen LogP contribution is -2.29. The smallest absolute Gasteiger partial charge is 0.282 e. The Bertz CT molecular complexity index is 1170. The summed E-state index contributed by atoms with van der Waals surface area (Å²) in [5.74, 6) is 0.528. The van der Waals surface area contributed by atoms with E-state index >= 15 is 0 Å². The molecule has 2 heterocycles. The zero-order valence-electron chi connectivity index (χ0n) is 18.1. The molecule has 1 atom stereocenters. The lowest BCUT2D eigenvalue weighted by atomic mass is 10.1. The first-order valence-electron chi connectivity index (χ1n) is 9.85. The second-order valence-corrected chi connectivity index (χ2v) is 8.34. The maximum absolute atomic E-state index is 13.0. The molecule has 8 heteroatoms. The average molecular weight is 434 g/mol. The number of methoxy groups -OCH3 is 1. The first-order valence-corrected chi connectivity index (χ1v) is 10.7. The summed E-state index contributed by atoms with van der Waals surface area (Å²) in [6.45, 7) is 7.82. The minimum absolute atomic E-state index is 0.251. The number of hydrogen-bond acceptors (Lipinski definition) is 7. The van der Waals surface area contributed by atoms with Gasteiger partial charge >= 0.3 is 0 Å². The number of hydrogen-bond donors (Lipinski definition) is 0. The van der Waals surface area contributed by atoms with Crippen LogP contribution in [-0.2, 0) is 4.79 Å². The number of anilines is 1. The number of azo groups is 1. The van der Waals surface area contributed by atoms with Crippen LogP contribution < -0.4 is 9.75 Å². The van der Waals surface area contributed by atoms with Gasteiger partial charge in [-0.3, -0.25) is 4.79 Å². The van der Waals surface area contributed by atoms with Crippen LogP contribution in [0.1, 0.15) is 23.6 Å². The number of thiazole rings is 1. The van der Waals surface area contributed by atoms with Gasteiger partial charge in [-0.05, 0) is 63.1 Å². The van der Waals surface area contributed by atoms with Crippen LogP contribution in [0.15, 0.2) is 57.1 Å². The van der Waals surface area contributed by atoms with Gasteiger partial charge in [0.15, 0.2) is 6.04 Å². The maximum atomic E-state index is 13.0. The largest absolute Gasteiger partial charge is 0.497 e. The normalized spacial score (nSPS) is 16.3. The SMILES string of the molecule is COc1ccc(-c2csc(N3N=C(C)[C@H](N=Nc4c(C)cc(C)cc4C)C3=O)n2)cc1. The van der Waals surface area contributed by atoms with Gasteiger partial charge in [0.2, 0.25) is 5.13 Å². The van der Waals surface area contributed by atoms with E-state index in [0.29, 0.717) is 10.8 Å². The van der Waals surface area contributed by atoms with Crippen LogP contribution in [0.4, 0.5) is 10.8 Å². The van der Waals surface area contributed by atoms with Gasteiger partial charge in [-0.2, -0.15) is 20.3 Å². The third-order valence-electron chi connectivity index (χ3n) is 5.06. The summed E-state index contributed by atoms with van der Waals surface area (Å²) >= 11 is 1.36. The van der Waals surface area contributed by atoms with Crippen LogP contribution in [0.25, 0.3) is 11.3 Å². The number of aryl methyl sites for hydroxylation is 3. The van der Waals surface area contributed by atoms with Crippen molar-refractivity contribution in [3.8, 4) is 17.0 Å². The highest BCUT2D eigenvalue weighted by Crippen LogP contribution is 2.32. The molecular formula is C23H23N5O2S. The highest BCUT2D eigenvalue weighted by molar-refractivity contribution is 7.14. The molecule has 0 radical (unpaired) electrons. The van der Waals surface area contributed by atoms with E-state index in [0.717, 1.165) is 33.8 Å². The Morgan fingerprint density at radius 2 is 1.74 bits per heavy atom. The van der Waals surface area contributed by atoms with E-state index in [1.54, 1.807) is 14.0 Å². The Labute approximate surface area is 185 Å². The Morgan fingerprint density at radius 3 is 2.39 bits per heavy atom. The van der Waals surface area contributed by atoms with Crippen LogP contribution in [0.2, 0.25) is 0 Å². The maximum Gasteiger partial charge on any atom is 0.282 e. The van der Waals surface area contributed by atoms with Crippen LogP contribution in [0, 0.1) is 20.8 Å². The van der Waals surface area contributed by atoms with E-state index in [4.69, 9.17) is 4.74 Å². The van der Waals surface area contributed by atoms with Crippen molar-refractivity contribution in [1.29, 1.82) is 0 Å². The van der Waals surface area contributed by atoms with Crippen LogP contribution >= 0.6 is 11.3 Å². The predicted octanol–water partition coefficient (Wildman–Crippen LogP) is 5.62. The van der Waals surface area contributed by atoms with Crippen molar-refractivity contribution in [1.82, 2.24) is 4.98 Å². The van der Waals surface area contributed by atoms with Crippen molar-refractivity contribution in [2.45, 2.75) is 33.7 Å². The van der Waals surface area contributed by atoms with E-state index in [1.165, 1.54) is 21.9 Å². The Balaban J connectivity index is 1.55. The molecule has 1 aliphatic heterocycles. The molecule has 31 heavy (non-hydrogen) atoms.